The van der Waals surface area contributed by atoms with Crippen LogP contribution in [0.1, 0.15) is 30.7 Å². The van der Waals surface area contributed by atoms with Crippen LogP contribution < -0.4 is 9.47 Å². The zero-order valence-electron chi connectivity index (χ0n) is 17.0. The molecule has 0 amide bonds. The molecule has 0 saturated heterocycles. The highest BCUT2D eigenvalue weighted by Gasteiger charge is 2.20. The van der Waals surface area contributed by atoms with Gasteiger partial charge in [0.15, 0.2) is 5.82 Å². The summed E-state index contributed by atoms with van der Waals surface area (Å²) in [7, 11) is 0. The van der Waals surface area contributed by atoms with E-state index in [0.29, 0.717) is 13.2 Å². The van der Waals surface area contributed by atoms with E-state index in [1.165, 1.54) is 5.56 Å². The topological polar surface area (TPSA) is 60.4 Å². The Bertz CT molecular complexity index is 962. The van der Waals surface area contributed by atoms with Gasteiger partial charge in [0.2, 0.25) is 0 Å². The SMILES string of the molecule is CCOc1ccc(OCC)c(CN2CCc3nc(-c4cccnc4)ncc3C2)c1. The van der Waals surface area contributed by atoms with Gasteiger partial charge in [-0.05, 0) is 44.2 Å². The van der Waals surface area contributed by atoms with E-state index in [1.807, 2.05) is 44.3 Å². The lowest BCUT2D eigenvalue weighted by Crippen LogP contribution is -2.31. The van der Waals surface area contributed by atoms with Crippen LogP contribution in [0.4, 0.5) is 0 Å². The van der Waals surface area contributed by atoms with Crippen molar-refractivity contribution in [2.24, 2.45) is 0 Å². The molecule has 0 bridgehead atoms. The number of hydrogen-bond acceptors (Lipinski definition) is 6. The average Bonchev–Trinajstić information content (AvgIpc) is 2.76. The molecular weight excluding hydrogens is 364 g/mol. The predicted octanol–water partition coefficient (Wildman–Crippen LogP) is 3.89. The number of hydrogen-bond donors (Lipinski definition) is 0. The molecule has 1 aliphatic rings. The molecule has 0 aliphatic carbocycles. The number of aromatic nitrogens is 3. The normalized spacial score (nSPS) is 13.7. The fraction of sp³-hybridized carbons (Fsp3) is 0.348. The third kappa shape index (κ3) is 4.54. The minimum absolute atomic E-state index is 0.648. The molecule has 0 unspecified atom stereocenters. The Kier molecular flexibility index (Phi) is 6.00. The predicted molar refractivity (Wildman–Crippen MR) is 112 cm³/mol. The second-order valence-corrected chi connectivity index (χ2v) is 7.00. The third-order valence-electron chi connectivity index (χ3n) is 4.97. The van der Waals surface area contributed by atoms with Crippen LogP contribution in [0.25, 0.3) is 11.4 Å². The maximum absolute atomic E-state index is 5.83. The van der Waals surface area contributed by atoms with Crippen LogP contribution in [-0.2, 0) is 19.5 Å². The Morgan fingerprint density at radius 2 is 1.97 bits per heavy atom. The summed E-state index contributed by atoms with van der Waals surface area (Å²) < 4.78 is 11.5. The largest absolute Gasteiger partial charge is 0.494 e. The molecule has 2 aromatic heterocycles. The maximum atomic E-state index is 5.83. The van der Waals surface area contributed by atoms with Gasteiger partial charge in [0, 0.05) is 61.3 Å². The van der Waals surface area contributed by atoms with Crippen molar-refractivity contribution in [3.05, 3.63) is 65.7 Å². The summed E-state index contributed by atoms with van der Waals surface area (Å²) in [6, 6.07) is 9.96. The average molecular weight is 390 g/mol. The third-order valence-corrected chi connectivity index (χ3v) is 4.97. The second kappa shape index (κ2) is 9.01. The van der Waals surface area contributed by atoms with Crippen LogP contribution in [0, 0.1) is 0 Å². The molecule has 1 aromatic carbocycles. The van der Waals surface area contributed by atoms with Gasteiger partial charge in [0.1, 0.15) is 11.5 Å². The van der Waals surface area contributed by atoms with Crippen LogP contribution >= 0.6 is 0 Å². The van der Waals surface area contributed by atoms with Crippen molar-refractivity contribution in [2.45, 2.75) is 33.4 Å². The molecule has 0 saturated carbocycles. The molecule has 150 valence electrons. The molecule has 6 nitrogen and oxygen atoms in total. The molecule has 0 radical (unpaired) electrons. The molecule has 0 spiro atoms. The highest BCUT2D eigenvalue weighted by molar-refractivity contribution is 5.53. The molecule has 6 heteroatoms. The smallest absolute Gasteiger partial charge is 0.160 e. The summed E-state index contributed by atoms with van der Waals surface area (Å²) in [6.45, 7) is 7.88. The van der Waals surface area contributed by atoms with E-state index in [4.69, 9.17) is 14.5 Å². The van der Waals surface area contributed by atoms with Crippen molar-refractivity contribution in [3.8, 4) is 22.9 Å². The van der Waals surface area contributed by atoms with E-state index in [0.717, 1.165) is 60.2 Å². The van der Waals surface area contributed by atoms with Crippen molar-refractivity contribution >= 4 is 0 Å². The van der Waals surface area contributed by atoms with E-state index in [9.17, 15) is 0 Å². The van der Waals surface area contributed by atoms with Crippen molar-refractivity contribution in [1.82, 2.24) is 19.9 Å². The highest BCUT2D eigenvalue weighted by atomic mass is 16.5. The Morgan fingerprint density at radius 1 is 1.07 bits per heavy atom. The van der Waals surface area contributed by atoms with Gasteiger partial charge in [-0.1, -0.05) is 0 Å². The van der Waals surface area contributed by atoms with Crippen molar-refractivity contribution < 1.29 is 9.47 Å². The van der Waals surface area contributed by atoms with Gasteiger partial charge < -0.3 is 9.47 Å². The lowest BCUT2D eigenvalue weighted by molar-refractivity contribution is 0.236. The molecule has 0 atom stereocenters. The van der Waals surface area contributed by atoms with Gasteiger partial charge >= 0.3 is 0 Å². The number of ether oxygens (including phenoxy) is 2. The molecule has 1 aliphatic heterocycles. The molecule has 3 aromatic rings. The summed E-state index contributed by atoms with van der Waals surface area (Å²) in [5.41, 5.74) is 4.41. The van der Waals surface area contributed by atoms with Gasteiger partial charge in [0.05, 0.1) is 18.9 Å². The number of benzene rings is 1. The molecule has 0 N–H and O–H groups in total. The van der Waals surface area contributed by atoms with Gasteiger partial charge in [-0.15, -0.1) is 0 Å². The lowest BCUT2D eigenvalue weighted by atomic mass is 10.1. The quantitative estimate of drug-likeness (QED) is 0.610. The number of nitrogens with zero attached hydrogens (tertiary/aromatic N) is 4. The molecule has 0 fully saturated rings. The summed E-state index contributed by atoms with van der Waals surface area (Å²) in [5, 5.41) is 0. The van der Waals surface area contributed by atoms with E-state index in [1.54, 1.807) is 12.4 Å². The monoisotopic (exact) mass is 390 g/mol. The Hall–Kier alpha value is -2.99. The first-order chi connectivity index (χ1) is 14.3. The van der Waals surface area contributed by atoms with Crippen molar-refractivity contribution in [2.75, 3.05) is 19.8 Å². The molecule has 29 heavy (non-hydrogen) atoms. The van der Waals surface area contributed by atoms with E-state index in [2.05, 4.69) is 20.9 Å². The molecule has 4 rings (SSSR count). The first kappa shape index (κ1) is 19.3. The minimum Gasteiger partial charge on any atom is -0.494 e. The number of rotatable bonds is 7. The summed E-state index contributed by atoms with van der Waals surface area (Å²) in [4.78, 5) is 15.9. The summed E-state index contributed by atoms with van der Waals surface area (Å²) >= 11 is 0. The fourth-order valence-corrected chi connectivity index (χ4v) is 3.62. The van der Waals surface area contributed by atoms with E-state index < -0.39 is 0 Å². The highest BCUT2D eigenvalue weighted by Crippen LogP contribution is 2.28. The Balaban J connectivity index is 1.51. The van der Waals surface area contributed by atoms with Crippen LogP contribution in [0.3, 0.4) is 0 Å². The maximum Gasteiger partial charge on any atom is 0.160 e. The Morgan fingerprint density at radius 3 is 2.76 bits per heavy atom. The number of fused-ring (bicyclic) bond motifs is 1. The van der Waals surface area contributed by atoms with Crippen LogP contribution in [0.15, 0.2) is 48.9 Å². The standard InChI is InChI=1S/C23H26N4O2/c1-3-28-20-7-8-22(29-4-2)18(12-20)15-27-11-9-21-19(16-27)14-25-23(26-21)17-6-5-10-24-13-17/h5-8,10,12-14H,3-4,9,11,15-16H2,1-2H3. The first-order valence-electron chi connectivity index (χ1n) is 10.1. The number of pyridine rings is 1. The van der Waals surface area contributed by atoms with Gasteiger partial charge in [-0.25, -0.2) is 9.97 Å². The van der Waals surface area contributed by atoms with Crippen LogP contribution in [0.2, 0.25) is 0 Å². The van der Waals surface area contributed by atoms with Gasteiger partial charge in [-0.3, -0.25) is 9.88 Å². The van der Waals surface area contributed by atoms with Crippen molar-refractivity contribution in [1.29, 1.82) is 0 Å². The first-order valence-corrected chi connectivity index (χ1v) is 10.1. The summed E-state index contributed by atoms with van der Waals surface area (Å²) in [6.07, 6.45) is 6.42. The molecular formula is C23H26N4O2. The Labute approximate surface area is 171 Å². The molecule has 3 heterocycles. The van der Waals surface area contributed by atoms with Crippen LogP contribution in [-0.4, -0.2) is 39.6 Å². The van der Waals surface area contributed by atoms with E-state index >= 15 is 0 Å². The fourth-order valence-electron chi connectivity index (χ4n) is 3.62. The zero-order valence-corrected chi connectivity index (χ0v) is 17.0. The van der Waals surface area contributed by atoms with Gasteiger partial charge in [-0.2, -0.15) is 0 Å². The second-order valence-electron chi connectivity index (χ2n) is 7.00. The van der Waals surface area contributed by atoms with Crippen LogP contribution in [0.5, 0.6) is 11.5 Å². The lowest BCUT2D eigenvalue weighted by Gasteiger charge is -2.28. The van der Waals surface area contributed by atoms with Gasteiger partial charge in [0.25, 0.3) is 0 Å². The zero-order chi connectivity index (χ0) is 20.1. The van der Waals surface area contributed by atoms with Crippen molar-refractivity contribution in [3.63, 3.8) is 0 Å². The minimum atomic E-state index is 0.648. The van der Waals surface area contributed by atoms with E-state index in [-0.39, 0.29) is 0 Å². The summed E-state index contributed by atoms with van der Waals surface area (Å²) in [5.74, 6) is 2.55.